The SMILES string of the molecule is COC(=O)Cc1c(Cl)csc1NC(=S)N1CCCC=N1. The van der Waals surface area contributed by atoms with Gasteiger partial charge < -0.3 is 10.1 Å². The van der Waals surface area contributed by atoms with Gasteiger partial charge in [-0.1, -0.05) is 11.6 Å². The van der Waals surface area contributed by atoms with Crippen molar-refractivity contribution in [2.24, 2.45) is 5.10 Å². The number of rotatable bonds is 3. The fourth-order valence-corrected chi connectivity index (χ4v) is 3.21. The molecular formula is C12H14ClN3O2S2. The maximum atomic E-state index is 11.4. The van der Waals surface area contributed by atoms with Crippen LogP contribution in [0.15, 0.2) is 10.5 Å². The van der Waals surface area contributed by atoms with Crippen LogP contribution in [-0.2, 0) is 16.0 Å². The molecule has 2 heterocycles. The monoisotopic (exact) mass is 331 g/mol. The van der Waals surface area contributed by atoms with E-state index in [1.165, 1.54) is 18.4 Å². The molecule has 0 bridgehead atoms. The van der Waals surface area contributed by atoms with E-state index in [-0.39, 0.29) is 12.4 Å². The molecule has 0 saturated heterocycles. The summed E-state index contributed by atoms with van der Waals surface area (Å²) in [6, 6.07) is 0. The van der Waals surface area contributed by atoms with E-state index in [9.17, 15) is 4.79 Å². The molecule has 0 spiro atoms. The minimum absolute atomic E-state index is 0.118. The van der Waals surface area contributed by atoms with Gasteiger partial charge in [0.15, 0.2) is 5.11 Å². The Kier molecular flexibility index (Phi) is 5.33. The second kappa shape index (κ2) is 7.01. The maximum absolute atomic E-state index is 11.4. The second-order valence-electron chi connectivity index (χ2n) is 4.14. The lowest BCUT2D eigenvalue weighted by Gasteiger charge is -2.22. The number of anilines is 1. The Morgan fingerprint density at radius 3 is 3.15 bits per heavy atom. The molecule has 108 valence electrons. The van der Waals surface area contributed by atoms with Crippen molar-refractivity contribution in [3.8, 4) is 0 Å². The van der Waals surface area contributed by atoms with Crippen LogP contribution in [0.3, 0.4) is 0 Å². The standard InChI is InChI=1S/C12H14ClN3O2S2/c1-18-10(17)6-8-9(13)7-20-11(8)15-12(19)16-5-3-2-4-14-16/h4,7H,2-3,5-6H2,1H3,(H,15,19). The number of methoxy groups -OCH3 is 1. The second-order valence-corrected chi connectivity index (χ2v) is 5.81. The van der Waals surface area contributed by atoms with E-state index in [0.29, 0.717) is 15.7 Å². The summed E-state index contributed by atoms with van der Waals surface area (Å²) in [5.74, 6) is -0.338. The molecule has 0 atom stereocenters. The molecule has 0 amide bonds. The normalized spacial score (nSPS) is 14.2. The molecule has 8 heteroatoms. The third-order valence-corrected chi connectivity index (χ3v) is 4.49. The summed E-state index contributed by atoms with van der Waals surface area (Å²) in [4.78, 5) is 11.4. The Morgan fingerprint density at radius 2 is 2.50 bits per heavy atom. The molecule has 0 fully saturated rings. The van der Waals surface area contributed by atoms with Crippen LogP contribution in [0.25, 0.3) is 0 Å². The Bertz CT molecular complexity index is 545. The van der Waals surface area contributed by atoms with Gasteiger partial charge >= 0.3 is 5.97 Å². The molecule has 0 saturated carbocycles. The summed E-state index contributed by atoms with van der Waals surface area (Å²) in [5.41, 5.74) is 0.701. The van der Waals surface area contributed by atoms with Crippen molar-refractivity contribution in [1.29, 1.82) is 0 Å². The first-order valence-corrected chi connectivity index (χ1v) is 7.72. The van der Waals surface area contributed by atoms with Crippen LogP contribution < -0.4 is 5.32 Å². The number of ether oxygens (including phenoxy) is 1. The lowest BCUT2D eigenvalue weighted by Crippen LogP contribution is -2.33. The molecule has 1 aromatic rings. The third-order valence-electron chi connectivity index (χ3n) is 2.77. The highest BCUT2D eigenvalue weighted by atomic mass is 35.5. The maximum Gasteiger partial charge on any atom is 0.310 e. The average molecular weight is 332 g/mol. The zero-order valence-electron chi connectivity index (χ0n) is 10.9. The van der Waals surface area contributed by atoms with E-state index in [1.54, 1.807) is 10.4 Å². The van der Waals surface area contributed by atoms with Gasteiger partial charge in [0.1, 0.15) is 0 Å². The Morgan fingerprint density at radius 1 is 1.70 bits per heavy atom. The number of carbonyl (C=O) groups excluding carboxylic acids is 1. The number of thiocarbonyl (C=S) groups is 1. The predicted molar refractivity (Wildman–Crippen MR) is 85.7 cm³/mol. The molecular weight excluding hydrogens is 318 g/mol. The van der Waals surface area contributed by atoms with Crippen molar-refractivity contribution in [2.45, 2.75) is 19.3 Å². The molecule has 0 aromatic carbocycles. The Labute approximate surface area is 131 Å². The molecule has 1 aromatic heterocycles. The molecule has 1 aliphatic heterocycles. The molecule has 0 radical (unpaired) electrons. The zero-order chi connectivity index (χ0) is 14.5. The minimum atomic E-state index is -0.338. The Balaban J connectivity index is 2.09. The topological polar surface area (TPSA) is 53.9 Å². The van der Waals surface area contributed by atoms with Crippen molar-refractivity contribution in [3.63, 3.8) is 0 Å². The molecule has 0 unspecified atom stereocenters. The van der Waals surface area contributed by atoms with Gasteiger partial charge in [0.2, 0.25) is 0 Å². The van der Waals surface area contributed by atoms with Crippen LogP contribution in [0.1, 0.15) is 18.4 Å². The number of halogens is 1. The number of carbonyl (C=O) groups is 1. The van der Waals surface area contributed by atoms with E-state index < -0.39 is 0 Å². The van der Waals surface area contributed by atoms with Crippen molar-refractivity contribution < 1.29 is 9.53 Å². The van der Waals surface area contributed by atoms with E-state index in [1.807, 2.05) is 6.21 Å². The number of nitrogens with one attached hydrogen (secondary N) is 1. The highest BCUT2D eigenvalue weighted by Crippen LogP contribution is 2.32. The molecule has 1 N–H and O–H groups in total. The highest BCUT2D eigenvalue weighted by molar-refractivity contribution is 7.80. The third kappa shape index (κ3) is 3.68. The number of nitrogens with zero attached hydrogens (tertiary/aromatic N) is 2. The molecule has 0 aliphatic carbocycles. The molecule has 20 heavy (non-hydrogen) atoms. The summed E-state index contributed by atoms with van der Waals surface area (Å²) < 4.78 is 4.67. The van der Waals surface area contributed by atoms with Gasteiger partial charge in [0.05, 0.1) is 23.6 Å². The minimum Gasteiger partial charge on any atom is -0.469 e. The van der Waals surface area contributed by atoms with Crippen molar-refractivity contribution in [1.82, 2.24) is 5.01 Å². The summed E-state index contributed by atoms with van der Waals surface area (Å²) in [6.07, 6.45) is 3.95. The van der Waals surface area contributed by atoms with E-state index in [2.05, 4.69) is 15.2 Å². The van der Waals surface area contributed by atoms with Gasteiger partial charge in [0.25, 0.3) is 0 Å². The summed E-state index contributed by atoms with van der Waals surface area (Å²) in [5, 5.41) is 12.6. The highest BCUT2D eigenvalue weighted by Gasteiger charge is 2.18. The zero-order valence-corrected chi connectivity index (χ0v) is 13.3. The van der Waals surface area contributed by atoms with Crippen LogP contribution in [0, 0.1) is 0 Å². The van der Waals surface area contributed by atoms with Crippen LogP contribution in [0.4, 0.5) is 5.00 Å². The quantitative estimate of drug-likeness (QED) is 0.681. The van der Waals surface area contributed by atoms with Crippen molar-refractivity contribution in [3.05, 3.63) is 16.0 Å². The Hall–Kier alpha value is -1.18. The van der Waals surface area contributed by atoms with E-state index in [0.717, 1.165) is 24.4 Å². The van der Waals surface area contributed by atoms with Crippen LogP contribution in [0.2, 0.25) is 5.02 Å². The van der Waals surface area contributed by atoms with Crippen molar-refractivity contribution >= 4 is 57.5 Å². The van der Waals surface area contributed by atoms with Gasteiger partial charge in [-0.05, 0) is 25.1 Å². The number of hydrogen-bond acceptors (Lipinski definition) is 5. The first-order valence-electron chi connectivity index (χ1n) is 6.05. The number of thiophene rings is 1. The van der Waals surface area contributed by atoms with Gasteiger partial charge in [-0.2, -0.15) is 5.10 Å². The van der Waals surface area contributed by atoms with Crippen LogP contribution >= 0.6 is 35.2 Å². The summed E-state index contributed by atoms with van der Waals surface area (Å²) in [6.45, 7) is 0.785. The first-order chi connectivity index (χ1) is 9.61. The number of hydrazone groups is 1. The predicted octanol–water partition coefficient (Wildman–Crippen LogP) is 2.90. The van der Waals surface area contributed by atoms with Crippen molar-refractivity contribution in [2.75, 3.05) is 19.0 Å². The molecule has 5 nitrogen and oxygen atoms in total. The molecule has 2 rings (SSSR count). The van der Waals surface area contributed by atoms with E-state index >= 15 is 0 Å². The lowest BCUT2D eigenvalue weighted by molar-refractivity contribution is -0.139. The fraction of sp³-hybridized carbons (Fsp3) is 0.417. The molecule has 1 aliphatic rings. The number of hydrogen-bond donors (Lipinski definition) is 1. The van der Waals surface area contributed by atoms with Gasteiger partial charge in [-0.25, -0.2) is 5.01 Å². The van der Waals surface area contributed by atoms with Crippen LogP contribution in [-0.4, -0.2) is 36.0 Å². The van der Waals surface area contributed by atoms with E-state index in [4.69, 9.17) is 23.8 Å². The summed E-state index contributed by atoms with van der Waals surface area (Å²) in [7, 11) is 1.35. The van der Waals surface area contributed by atoms with Gasteiger partial charge in [-0.15, -0.1) is 11.3 Å². The smallest absolute Gasteiger partial charge is 0.310 e. The largest absolute Gasteiger partial charge is 0.469 e. The fourth-order valence-electron chi connectivity index (χ4n) is 1.71. The van der Waals surface area contributed by atoms with Gasteiger partial charge in [0, 0.05) is 23.7 Å². The lowest BCUT2D eigenvalue weighted by atomic mass is 10.2. The first kappa shape index (κ1) is 15.2. The van der Waals surface area contributed by atoms with Crippen LogP contribution in [0.5, 0.6) is 0 Å². The average Bonchev–Trinajstić information content (AvgIpc) is 2.81. The number of esters is 1. The summed E-state index contributed by atoms with van der Waals surface area (Å²) >= 11 is 12.8. The van der Waals surface area contributed by atoms with Gasteiger partial charge in [-0.3, -0.25) is 4.79 Å².